The van der Waals surface area contributed by atoms with Gasteiger partial charge < -0.3 is 5.32 Å². The zero-order valence-electron chi connectivity index (χ0n) is 10.8. The monoisotopic (exact) mass is 249 g/mol. The predicted molar refractivity (Wildman–Crippen MR) is 78.0 cm³/mol. The Balaban J connectivity index is 1.91. The van der Waals surface area contributed by atoms with Crippen LogP contribution in [0.1, 0.15) is 11.1 Å². The number of hydrogen-bond acceptors (Lipinski definition) is 3. The third-order valence-electron chi connectivity index (χ3n) is 3.18. The lowest BCUT2D eigenvalue weighted by Gasteiger charge is -2.10. The summed E-state index contributed by atoms with van der Waals surface area (Å²) in [6.45, 7) is 2.85. The zero-order chi connectivity index (χ0) is 13.1. The molecule has 0 saturated carbocycles. The van der Waals surface area contributed by atoms with Crippen LogP contribution in [0.3, 0.4) is 0 Å². The number of nitrogens with zero attached hydrogens (tertiary/aromatic N) is 2. The molecule has 0 unspecified atom stereocenters. The number of anilines is 1. The minimum Gasteiger partial charge on any atom is -0.380 e. The first kappa shape index (κ1) is 11.7. The molecule has 0 bridgehead atoms. The largest absolute Gasteiger partial charge is 0.380 e. The first-order valence-electron chi connectivity index (χ1n) is 6.32. The van der Waals surface area contributed by atoms with E-state index in [0.717, 1.165) is 23.1 Å². The van der Waals surface area contributed by atoms with Crippen LogP contribution >= 0.6 is 0 Å². The van der Waals surface area contributed by atoms with Crippen molar-refractivity contribution in [3.8, 4) is 0 Å². The van der Waals surface area contributed by atoms with Gasteiger partial charge in [-0.15, -0.1) is 0 Å². The second-order valence-electron chi connectivity index (χ2n) is 4.54. The summed E-state index contributed by atoms with van der Waals surface area (Å²) in [5, 5.41) is 4.61. The van der Waals surface area contributed by atoms with Crippen LogP contribution in [-0.2, 0) is 6.54 Å². The van der Waals surface area contributed by atoms with Crippen molar-refractivity contribution >= 4 is 16.6 Å². The molecule has 94 valence electrons. The maximum Gasteiger partial charge on any atom is 0.0751 e. The van der Waals surface area contributed by atoms with E-state index in [9.17, 15) is 0 Å². The number of aromatic nitrogens is 2. The summed E-state index contributed by atoms with van der Waals surface area (Å²) in [6.07, 6.45) is 5.50. The summed E-state index contributed by atoms with van der Waals surface area (Å²) in [7, 11) is 0. The average Bonchev–Trinajstić information content (AvgIpc) is 2.48. The Labute approximate surface area is 112 Å². The van der Waals surface area contributed by atoms with Crippen molar-refractivity contribution in [3.05, 3.63) is 66.1 Å². The van der Waals surface area contributed by atoms with Gasteiger partial charge >= 0.3 is 0 Å². The zero-order valence-corrected chi connectivity index (χ0v) is 10.8. The number of rotatable bonds is 3. The fraction of sp³-hybridized carbons (Fsp3) is 0.125. The Kier molecular flexibility index (Phi) is 3.11. The Morgan fingerprint density at radius 2 is 1.95 bits per heavy atom. The molecule has 3 rings (SSSR count). The van der Waals surface area contributed by atoms with E-state index in [4.69, 9.17) is 0 Å². The van der Waals surface area contributed by atoms with Gasteiger partial charge in [-0.1, -0.05) is 12.1 Å². The molecule has 0 atom stereocenters. The van der Waals surface area contributed by atoms with Crippen molar-refractivity contribution in [2.24, 2.45) is 0 Å². The lowest BCUT2D eigenvalue weighted by Crippen LogP contribution is -2.00. The minimum atomic E-state index is 0.765. The summed E-state index contributed by atoms with van der Waals surface area (Å²) >= 11 is 0. The van der Waals surface area contributed by atoms with Gasteiger partial charge in [-0.05, 0) is 42.3 Å². The molecule has 19 heavy (non-hydrogen) atoms. The number of nitrogens with one attached hydrogen (secondary N) is 1. The van der Waals surface area contributed by atoms with Gasteiger partial charge in [-0.2, -0.15) is 0 Å². The van der Waals surface area contributed by atoms with Crippen molar-refractivity contribution in [1.29, 1.82) is 0 Å². The molecule has 2 aromatic heterocycles. The molecule has 0 spiro atoms. The summed E-state index contributed by atoms with van der Waals surface area (Å²) in [5.41, 5.74) is 4.53. The maximum absolute atomic E-state index is 4.44. The molecule has 3 aromatic rings. The second kappa shape index (κ2) is 5.06. The fourth-order valence-corrected chi connectivity index (χ4v) is 2.17. The number of benzene rings is 1. The van der Waals surface area contributed by atoms with Crippen LogP contribution in [-0.4, -0.2) is 9.97 Å². The van der Waals surface area contributed by atoms with Gasteiger partial charge in [0.05, 0.1) is 5.52 Å². The Morgan fingerprint density at radius 3 is 2.79 bits per heavy atom. The Bertz CT molecular complexity index is 693. The molecule has 0 fully saturated rings. The van der Waals surface area contributed by atoms with Gasteiger partial charge in [0.2, 0.25) is 0 Å². The number of hydrogen-bond donors (Lipinski definition) is 1. The molecular weight excluding hydrogens is 234 g/mol. The lowest BCUT2D eigenvalue weighted by molar-refractivity contribution is 1.11. The van der Waals surface area contributed by atoms with Crippen molar-refractivity contribution in [1.82, 2.24) is 9.97 Å². The third-order valence-corrected chi connectivity index (χ3v) is 3.18. The van der Waals surface area contributed by atoms with Gasteiger partial charge in [-0.25, -0.2) is 0 Å². The number of fused-ring (bicyclic) bond motifs is 1. The molecule has 0 aliphatic heterocycles. The number of aryl methyl sites for hydroxylation is 1. The molecule has 2 heterocycles. The quantitative estimate of drug-likeness (QED) is 0.771. The highest BCUT2D eigenvalue weighted by Gasteiger charge is 2.03. The Morgan fingerprint density at radius 1 is 1.05 bits per heavy atom. The Hall–Kier alpha value is -2.42. The van der Waals surface area contributed by atoms with E-state index in [1.807, 2.05) is 24.5 Å². The van der Waals surface area contributed by atoms with Gasteiger partial charge in [0.15, 0.2) is 0 Å². The lowest BCUT2D eigenvalue weighted by atomic mass is 10.1. The van der Waals surface area contributed by atoms with Crippen LogP contribution in [0.25, 0.3) is 10.9 Å². The molecule has 1 aromatic carbocycles. The van der Waals surface area contributed by atoms with E-state index in [0.29, 0.717) is 0 Å². The van der Waals surface area contributed by atoms with Crippen LogP contribution in [0.2, 0.25) is 0 Å². The smallest absolute Gasteiger partial charge is 0.0751 e. The van der Waals surface area contributed by atoms with Crippen LogP contribution < -0.4 is 5.32 Å². The molecule has 0 aliphatic carbocycles. The topological polar surface area (TPSA) is 37.8 Å². The van der Waals surface area contributed by atoms with Crippen molar-refractivity contribution in [2.75, 3.05) is 5.32 Å². The van der Waals surface area contributed by atoms with Gasteiger partial charge in [-0.3, -0.25) is 9.97 Å². The van der Waals surface area contributed by atoms with Crippen LogP contribution in [0, 0.1) is 6.92 Å². The van der Waals surface area contributed by atoms with E-state index in [2.05, 4.69) is 46.5 Å². The van der Waals surface area contributed by atoms with E-state index in [-0.39, 0.29) is 0 Å². The summed E-state index contributed by atoms with van der Waals surface area (Å²) in [4.78, 5) is 8.57. The van der Waals surface area contributed by atoms with Crippen LogP contribution in [0.15, 0.2) is 55.0 Å². The van der Waals surface area contributed by atoms with Gasteiger partial charge in [0.1, 0.15) is 0 Å². The standard InChI is InChI=1S/C16H15N3/c1-12-6-7-15(14-5-3-9-18-16(12)14)19-11-13-4-2-8-17-10-13/h2-10,19H,11H2,1H3. The van der Waals surface area contributed by atoms with Crippen molar-refractivity contribution < 1.29 is 0 Å². The summed E-state index contributed by atoms with van der Waals surface area (Å²) in [6, 6.07) is 12.3. The summed E-state index contributed by atoms with van der Waals surface area (Å²) in [5.74, 6) is 0. The maximum atomic E-state index is 4.44. The third kappa shape index (κ3) is 2.40. The van der Waals surface area contributed by atoms with Gasteiger partial charge in [0.25, 0.3) is 0 Å². The highest BCUT2D eigenvalue weighted by atomic mass is 14.9. The molecule has 0 radical (unpaired) electrons. The predicted octanol–water partition coefficient (Wildman–Crippen LogP) is 3.55. The second-order valence-corrected chi connectivity index (χ2v) is 4.54. The fourth-order valence-electron chi connectivity index (χ4n) is 2.17. The molecule has 0 amide bonds. The van der Waals surface area contributed by atoms with Crippen LogP contribution in [0.5, 0.6) is 0 Å². The average molecular weight is 249 g/mol. The van der Waals surface area contributed by atoms with Crippen LogP contribution in [0.4, 0.5) is 5.69 Å². The first-order chi connectivity index (χ1) is 9.34. The van der Waals surface area contributed by atoms with Crippen molar-refractivity contribution in [3.63, 3.8) is 0 Å². The molecule has 3 heteroatoms. The normalized spacial score (nSPS) is 10.6. The molecule has 1 N–H and O–H groups in total. The number of pyridine rings is 2. The summed E-state index contributed by atoms with van der Waals surface area (Å²) < 4.78 is 0. The van der Waals surface area contributed by atoms with E-state index < -0.39 is 0 Å². The van der Waals surface area contributed by atoms with E-state index in [1.165, 1.54) is 11.1 Å². The van der Waals surface area contributed by atoms with Crippen molar-refractivity contribution in [2.45, 2.75) is 13.5 Å². The SMILES string of the molecule is Cc1ccc(NCc2cccnc2)c2cccnc12. The molecule has 3 nitrogen and oxygen atoms in total. The highest BCUT2D eigenvalue weighted by Crippen LogP contribution is 2.24. The first-order valence-corrected chi connectivity index (χ1v) is 6.32. The molecule has 0 saturated heterocycles. The minimum absolute atomic E-state index is 0.765. The van der Waals surface area contributed by atoms with E-state index >= 15 is 0 Å². The molecular formula is C16H15N3. The highest BCUT2D eigenvalue weighted by molar-refractivity contribution is 5.93. The van der Waals surface area contributed by atoms with E-state index in [1.54, 1.807) is 6.20 Å². The van der Waals surface area contributed by atoms with Gasteiger partial charge in [0, 0.05) is 36.2 Å². The molecule has 0 aliphatic rings.